The van der Waals surface area contributed by atoms with Crippen molar-refractivity contribution in [3.63, 3.8) is 0 Å². The number of nitrogens with zero attached hydrogens (tertiary/aromatic N) is 1. The third kappa shape index (κ3) is 1.82. The van der Waals surface area contributed by atoms with Crippen molar-refractivity contribution < 1.29 is 9.53 Å². The maximum atomic E-state index is 11.8. The molecule has 0 spiro atoms. The van der Waals surface area contributed by atoms with Gasteiger partial charge in [0.1, 0.15) is 0 Å². The number of allylic oxidation sites excluding steroid dienone is 3. The Kier molecular flexibility index (Phi) is 2.88. The molecule has 2 aliphatic heterocycles. The van der Waals surface area contributed by atoms with Crippen LogP contribution in [0.3, 0.4) is 0 Å². The van der Waals surface area contributed by atoms with Crippen LogP contribution in [0.15, 0.2) is 39.6 Å². The molecule has 2 heterocycles. The molecular formula is C14H16N2O2. The fourth-order valence-electron chi connectivity index (χ4n) is 2.68. The summed E-state index contributed by atoms with van der Waals surface area (Å²) in [6.07, 6.45) is 6.52. The Balaban J connectivity index is 2.02. The molecule has 0 bridgehead atoms. The number of hydrogen-bond donors (Lipinski definition) is 1. The minimum Gasteiger partial charge on any atom is -0.466 e. The largest absolute Gasteiger partial charge is 0.466 e. The number of hydrogen-bond acceptors (Lipinski definition) is 4. The van der Waals surface area contributed by atoms with Gasteiger partial charge in [0.05, 0.1) is 18.5 Å². The van der Waals surface area contributed by atoms with Crippen LogP contribution in [-0.2, 0) is 9.53 Å². The molecule has 0 saturated heterocycles. The molecule has 0 unspecified atom stereocenters. The Morgan fingerprint density at radius 3 is 3.22 bits per heavy atom. The minimum absolute atomic E-state index is 0.222. The van der Waals surface area contributed by atoms with E-state index in [9.17, 15) is 4.79 Å². The number of esters is 1. The zero-order valence-electron chi connectivity index (χ0n) is 10.5. The van der Waals surface area contributed by atoms with E-state index in [1.807, 2.05) is 12.2 Å². The summed E-state index contributed by atoms with van der Waals surface area (Å²) in [7, 11) is 1.43. The van der Waals surface area contributed by atoms with Crippen molar-refractivity contribution in [3.8, 4) is 0 Å². The van der Waals surface area contributed by atoms with E-state index in [-0.39, 0.29) is 5.97 Å². The quantitative estimate of drug-likeness (QED) is 0.711. The third-order valence-electron chi connectivity index (χ3n) is 3.65. The van der Waals surface area contributed by atoms with Gasteiger partial charge in [-0.05, 0) is 43.0 Å². The van der Waals surface area contributed by atoms with Crippen LogP contribution in [0, 0.1) is 0 Å². The molecule has 0 aromatic rings. The average molecular weight is 244 g/mol. The molecule has 18 heavy (non-hydrogen) atoms. The highest BCUT2D eigenvalue weighted by Gasteiger charge is 2.27. The van der Waals surface area contributed by atoms with Crippen LogP contribution in [0.25, 0.3) is 0 Å². The van der Waals surface area contributed by atoms with Gasteiger partial charge >= 0.3 is 5.97 Å². The summed E-state index contributed by atoms with van der Waals surface area (Å²) >= 11 is 0. The second-order valence-electron chi connectivity index (χ2n) is 4.71. The summed E-state index contributed by atoms with van der Waals surface area (Å²) < 4.78 is 4.86. The van der Waals surface area contributed by atoms with E-state index >= 15 is 0 Å². The van der Waals surface area contributed by atoms with Crippen LogP contribution in [0.1, 0.15) is 19.3 Å². The van der Waals surface area contributed by atoms with Crippen LogP contribution in [0.5, 0.6) is 0 Å². The Morgan fingerprint density at radius 1 is 1.50 bits per heavy atom. The molecule has 0 aromatic heterocycles. The average Bonchev–Trinajstić information content (AvgIpc) is 2.43. The molecule has 3 aliphatic rings. The van der Waals surface area contributed by atoms with E-state index in [0.717, 1.165) is 48.5 Å². The highest BCUT2D eigenvalue weighted by molar-refractivity contribution is 6.15. The molecule has 3 rings (SSSR count). The van der Waals surface area contributed by atoms with E-state index in [0.29, 0.717) is 6.42 Å². The standard InChI is InChI=1S/C14H16N2O2/c1-18-14(17)10-3-2-4-12-11(10)7-9-5-6-15-8-13(9)16-12/h2,4,15H,3,5-8H2,1H3. The molecule has 0 atom stereocenters. The van der Waals surface area contributed by atoms with Gasteiger partial charge in [0.2, 0.25) is 0 Å². The number of ether oxygens (including phenoxy) is 1. The smallest absolute Gasteiger partial charge is 0.334 e. The molecule has 4 heteroatoms. The number of rotatable bonds is 1. The highest BCUT2D eigenvalue weighted by atomic mass is 16.5. The first-order valence-electron chi connectivity index (χ1n) is 6.27. The van der Waals surface area contributed by atoms with E-state index in [1.165, 1.54) is 12.7 Å². The molecule has 0 saturated carbocycles. The number of nitrogens with one attached hydrogen (secondary N) is 1. The maximum Gasteiger partial charge on any atom is 0.334 e. The number of fused-ring (bicyclic) bond motifs is 1. The lowest BCUT2D eigenvalue weighted by Gasteiger charge is -2.27. The van der Waals surface area contributed by atoms with Crippen molar-refractivity contribution >= 4 is 11.7 Å². The predicted octanol–water partition coefficient (Wildman–Crippen LogP) is 1.51. The summed E-state index contributed by atoms with van der Waals surface area (Å²) in [4.78, 5) is 16.5. The van der Waals surface area contributed by atoms with Crippen molar-refractivity contribution in [1.29, 1.82) is 0 Å². The SMILES string of the molecule is COC(=O)C1=C2CC3=C(CNCC3)N=C2C=CC1. The zero-order valence-corrected chi connectivity index (χ0v) is 10.5. The molecule has 0 fully saturated rings. The van der Waals surface area contributed by atoms with Crippen molar-refractivity contribution in [2.75, 3.05) is 20.2 Å². The Labute approximate surface area is 106 Å². The zero-order chi connectivity index (χ0) is 12.5. The maximum absolute atomic E-state index is 11.8. The Morgan fingerprint density at radius 2 is 2.39 bits per heavy atom. The number of methoxy groups -OCH3 is 1. The normalized spacial score (nSPS) is 22.4. The molecule has 0 aromatic carbocycles. The van der Waals surface area contributed by atoms with Crippen LogP contribution >= 0.6 is 0 Å². The lowest BCUT2D eigenvalue weighted by atomic mass is 9.86. The van der Waals surface area contributed by atoms with Crippen molar-refractivity contribution in [1.82, 2.24) is 5.32 Å². The van der Waals surface area contributed by atoms with Gasteiger partial charge in [0.25, 0.3) is 0 Å². The van der Waals surface area contributed by atoms with E-state index in [2.05, 4.69) is 10.3 Å². The van der Waals surface area contributed by atoms with Gasteiger partial charge in [-0.25, -0.2) is 4.79 Å². The van der Waals surface area contributed by atoms with E-state index in [1.54, 1.807) is 0 Å². The summed E-state index contributed by atoms with van der Waals surface area (Å²) in [5.74, 6) is -0.222. The molecule has 0 amide bonds. The van der Waals surface area contributed by atoms with Crippen LogP contribution in [-0.4, -0.2) is 31.9 Å². The van der Waals surface area contributed by atoms with E-state index in [4.69, 9.17) is 4.74 Å². The topological polar surface area (TPSA) is 50.7 Å². The van der Waals surface area contributed by atoms with E-state index < -0.39 is 0 Å². The number of aliphatic imine (C=N–C) groups is 1. The second-order valence-corrected chi connectivity index (χ2v) is 4.71. The van der Waals surface area contributed by atoms with Gasteiger partial charge in [0, 0.05) is 12.1 Å². The first-order chi connectivity index (χ1) is 8.79. The van der Waals surface area contributed by atoms with Gasteiger partial charge < -0.3 is 10.1 Å². The molecule has 4 nitrogen and oxygen atoms in total. The first kappa shape index (κ1) is 11.4. The summed E-state index contributed by atoms with van der Waals surface area (Å²) in [5, 5.41) is 3.33. The number of carbonyl (C=O) groups excluding carboxylic acids is 1. The van der Waals surface area contributed by atoms with Crippen molar-refractivity contribution in [2.45, 2.75) is 19.3 Å². The van der Waals surface area contributed by atoms with Crippen LogP contribution in [0.2, 0.25) is 0 Å². The summed E-state index contributed by atoms with van der Waals surface area (Å²) in [6, 6.07) is 0. The Bertz CT molecular complexity index is 524. The monoisotopic (exact) mass is 244 g/mol. The lowest BCUT2D eigenvalue weighted by Crippen LogP contribution is -2.28. The fraction of sp³-hybridized carbons (Fsp3) is 0.429. The molecule has 1 N–H and O–H groups in total. The van der Waals surface area contributed by atoms with Crippen molar-refractivity contribution in [3.05, 3.63) is 34.6 Å². The third-order valence-corrected chi connectivity index (χ3v) is 3.65. The Hall–Kier alpha value is -1.68. The fourth-order valence-corrected chi connectivity index (χ4v) is 2.68. The highest BCUT2D eigenvalue weighted by Crippen LogP contribution is 2.33. The van der Waals surface area contributed by atoms with Gasteiger partial charge in [-0.3, -0.25) is 4.99 Å². The van der Waals surface area contributed by atoms with Crippen LogP contribution < -0.4 is 5.32 Å². The first-order valence-corrected chi connectivity index (χ1v) is 6.27. The molecule has 0 radical (unpaired) electrons. The summed E-state index contributed by atoms with van der Waals surface area (Å²) in [6.45, 7) is 1.84. The molecule has 94 valence electrons. The second kappa shape index (κ2) is 4.53. The van der Waals surface area contributed by atoms with Gasteiger partial charge in [0.15, 0.2) is 0 Å². The van der Waals surface area contributed by atoms with Gasteiger partial charge in [-0.1, -0.05) is 6.08 Å². The predicted molar refractivity (Wildman–Crippen MR) is 69.4 cm³/mol. The van der Waals surface area contributed by atoms with Crippen molar-refractivity contribution in [2.24, 2.45) is 4.99 Å². The number of carbonyl (C=O) groups is 1. The molecular weight excluding hydrogens is 228 g/mol. The lowest BCUT2D eigenvalue weighted by molar-refractivity contribution is -0.136. The van der Waals surface area contributed by atoms with Gasteiger partial charge in [-0.2, -0.15) is 0 Å². The van der Waals surface area contributed by atoms with Gasteiger partial charge in [-0.15, -0.1) is 0 Å². The minimum atomic E-state index is -0.222. The summed E-state index contributed by atoms with van der Waals surface area (Å²) in [5.41, 5.74) is 5.28. The molecule has 1 aliphatic carbocycles. The van der Waals surface area contributed by atoms with Crippen LogP contribution in [0.4, 0.5) is 0 Å².